The molecule has 1 aliphatic rings. The van der Waals surface area contributed by atoms with Gasteiger partial charge in [-0.15, -0.1) is 5.10 Å². The first kappa shape index (κ1) is 15.9. The number of nitrogens with one attached hydrogen (secondary N) is 1. The number of amides is 1. The number of benzene rings is 2. The molecule has 9 nitrogen and oxygen atoms in total. The van der Waals surface area contributed by atoms with Crippen LogP contribution in [0.5, 0.6) is 0 Å². The Morgan fingerprint density at radius 3 is 2.65 bits per heavy atom. The summed E-state index contributed by atoms with van der Waals surface area (Å²) in [6.45, 7) is 0. The highest BCUT2D eigenvalue weighted by Gasteiger charge is 2.28. The molecule has 0 radical (unpaired) electrons. The number of rotatable bonds is 5. The monoisotopic (exact) mass is 350 g/mol. The Bertz CT molecular complexity index is 978. The Morgan fingerprint density at radius 1 is 1.19 bits per heavy atom. The zero-order valence-corrected chi connectivity index (χ0v) is 13.6. The Hall–Kier alpha value is -3.62. The fraction of sp³-hybridized carbons (Fsp3) is 0.176. The van der Waals surface area contributed by atoms with E-state index >= 15 is 0 Å². The maximum Gasteiger partial charge on any atom is 0.270 e. The van der Waals surface area contributed by atoms with Crippen molar-refractivity contribution in [3.63, 3.8) is 0 Å². The van der Waals surface area contributed by atoms with Crippen molar-refractivity contribution < 1.29 is 9.72 Å². The molecule has 1 aromatic heterocycles. The first-order valence-electron chi connectivity index (χ1n) is 8.06. The lowest BCUT2D eigenvalue weighted by atomic mass is 10.1. The van der Waals surface area contributed by atoms with Gasteiger partial charge in [0.15, 0.2) is 5.82 Å². The molecule has 0 atom stereocenters. The summed E-state index contributed by atoms with van der Waals surface area (Å²) in [5.41, 5.74) is 1.53. The first-order chi connectivity index (χ1) is 12.6. The lowest BCUT2D eigenvalue weighted by Gasteiger charge is -2.07. The molecule has 0 bridgehead atoms. The van der Waals surface area contributed by atoms with Gasteiger partial charge in [0.25, 0.3) is 11.6 Å². The van der Waals surface area contributed by atoms with E-state index in [1.165, 1.54) is 24.3 Å². The Kier molecular flexibility index (Phi) is 3.88. The van der Waals surface area contributed by atoms with E-state index in [9.17, 15) is 14.9 Å². The molecule has 9 heteroatoms. The van der Waals surface area contributed by atoms with Crippen LogP contribution in [0.3, 0.4) is 0 Å². The van der Waals surface area contributed by atoms with Crippen molar-refractivity contribution in [2.24, 2.45) is 0 Å². The maximum atomic E-state index is 12.3. The van der Waals surface area contributed by atoms with Crippen LogP contribution in [0.4, 0.5) is 11.4 Å². The second-order valence-electron chi connectivity index (χ2n) is 6.02. The van der Waals surface area contributed by atoms with Crippen LogP contribution < -0.4 is 5.32 Å². The average Bonchev–Trinajstić information content (AvgIpc) is 3.39. The largest absolute Gasteiger partial charge is 0.322 e. The molecule has 2 aromatic carbocycles. The van der Waals surface area contributed by atoms with Gasteiger partial charge in [0.1, 0.15) is 0 Å². The van der Waals surface area contributed by atoms with Gasteiger partial charge in [0.2, 0.25) is 0 Å². The summed E-state index contributed by atoms with van der Waals surface area (Å²) >= 11 is 0. The number of carbonyl (C=O) groups excluding carboxylic acids is 1. The van der Waals surface area contributed by atoms with Crippen LogP contribution in [0, 0.1) is 10.1 Å². The molecule has 1 heterocycles. The smallest absolute Gasteiger partial charge is 0.270 e. The molecule has 1 fully saturated rings. The van der Waals surface area contributed by atoms with E-state index in [0.717, 1.165) is 18.4 Å². The van der Waals surface area contributed by atoms with Crippen LogP contribution in [0.25, 0.3) is 11.4 Å². The van der Waals surface area contributed by atoms with Gasteiger partial charge in [0.05, 0.1) is 11.0 Å². The van der Waals surface area contributed by atoms with Crippen LogP contribution in [-0.2, 0) is 0 Å². The fourth-order valence-electron chi connectivity index (χ4n) is 2.62. The Labute approximate surface area is 147 Å². The van der Waals surface area contributed by atoms with E-state index in [-0.39, 0.29) is 11.3 Å². The van der Waals surface area contributed by atoms with Crippen molar-refractivity contribution in [3.05, 3.63) is 64.2 Å². The summed E-state index contributed by atoms with van der Waals surface area (Å²) in [5, 5.41) is 25.4. The molecule has 130 valence electrons. The van der Waals surface area contributed by atoms with Gasteiger partial charge in [-0.05, 0) is 53.6 Å². The average molecular weight is 350 g/mol. The number of hydrogen-bond donors (Lipinski definition) is 1. The van der Waals surface area contributed by atoms with Gasteiger partial charge in [-0.1, -0.05) is 6.07 Å². The third kappa shape index (κ3) is 3.14. The number of tetrazole rings is 1. The van der Waals surface area contributed by atoms with Crippen LogP contribution in [-0.4, -0.2) is 31.0 Å². The van der Waals surface area contributed by atoms with Crippen LogP contribution in [0.15, 0.2) is 48.5 Å². The Morgan fingerprint density at radius 2 is 1.96 bits per heavy atom. The third-order valence-electron chi connectivity index (χ3n) is 4.11. The summed E-state index contributed by atoms with van der Waals surface area (Å²) in [7, 11) is 0. The van der Waals surface area contributed by atoms with Crippen LogP contribution in [0.2, 0.25) is 0 Å². The van der Waals surface area contributed by atoms with Gasteiger partial charge in [-0.2, -0.15) is 0 Å². The van der Waals surface area contributed by atoms with E-state index in [1.54, 1.807) is 12.1 Å². The second-order valence-corrected chi connectivity index (χ2v) is 6.02. The van der Waals surface area contributed by atoms with Gasteiger partial charge < -0.3 is 5.32 Å². The second kappa shape index (κ2) is 6.36. The van der Waals surface area contributed by atoms with E-state index in [1.807, 2.05) is 16.8 Å². The van der Waals surface area contributed by atoms with Crippen molar-refractivity contribution in [2.75, 3.05) is 5.32 Å². The fourth-order valence-corrected chi connectivity index (χ4v) is 2.62. The minimum atomic E-state index is -0.532. The molecule has 0 spiro atoms. The zero-order chi connectivity index (χ0) is 18.1. The quantitative estimate of drug-likeness (QED) is 0.559. The van der Waals surface area contributed by atoms with Crippen molar-refractivity contribution in [1.82, 2.24) is 20.2 Å². The lowest BCUT2D eigenvalue weighted by molar-refractivity contribution is -0.384. The predicted octanol–water partition coefficient (Wildman–Crippen LogP) is 2.84. The van der Waals surface area contributed by atoms with E-state index in [4.69, 9.17) is 0 Å². The molecular weight excluding hydrogens is 336 g/mol. The standard InChI is InChI=1S/C17H14N6O3/c24-17(12-2-1-3-15(10-12)23(25)26)18-13-6-4-11(5-7-13)16-19-20-21-22(16)14-8-9-14/h1-7,10,14H,8-9H2,(H,18,24). The molecule has 1 saturated carbocycles. The summed E-state index contributed by atoms with van der Waals surface area (Å²) < 4.78 is 1.82. The highest BCUT2D eigenvalue weighted by atomic mass is 16.6. The third-order valence-corrected chi connectivity index (χ3v) is 4.11. The first-order valence-corrected chi connectivity index (χ1v) is 8.06. The lowest BCUT2D eigenvalue weighted by Crippen LogP contribution is -2.12. The number of non-ortho nitro benzene ring substituents is 1. The maximum absolute atomic E-state index is 12.3. The minimum Gasteiger partial charge on any atom is -0.322 e. The summed E-state index contributed by atoms with van der Waals surface area (Å²) in [5.74, 6) is 0.285. The molecule has 4 rings (SSSR count). The Balaban J connectivity index is 1.50. The van der Waals surface area contributed by atoms with Crippen LogP contribution in [0.1, 0.15) is 29.2 Å². The zero-order valence-electron chi connectivity index (χ0n) is 13.6. The highest BCUT2D eigenvalue weighted by molar-refractivity contribution is 6.04. The van der Waals surface area contributed by atoms with Crippen molar-refractivity contribution in [2.45, 2.75) is 18.9 Å². The van der Waals surface area contributed by atoms with Crippen molar-refractivity contribution in [3.8, 4) is 11.4 Å². The molecule has 1 amide bonds. The summed E-state index contributed by atoms with van der Waals surface area (Å²) in [6.07, 6.45) is 2.16. The molecule has 26 heavy (non-hydrogen) atoms. The number of nitro benzene ring substituents is 1. The number of anilines is 1. The summed E-state index contributed by atoms with van der Waals surface area (Å²) in [4.78, 5) is 22.6. The SMILES string of the molecule is O=C(Nc1ccc(-c2nnnn2C2CC2)cc1)c1cccc([N+](=O)[O-])c1. The number of nitrogens with zero attached hydrogens (tertiary/aromatic N) is 5. The molecule has 0 saturated heterocycles. The number of carbonyl (C=O) groups is 1. The molecule has 1 aliphatic carbocycles. The molecular formula is C17H14N6O3. The van der Waals surface area contributed by atoms with Crippen molar-refractivity contribution >= 4 is 17.3 Å². The van der Waals surface area contributed by atoms with Crippen LogP contribution >= 0.6 is 0 Å². The van der Waals surface area contributed by atoms with E-state index in [0.29, 0.717) is 17.6 Å². The van der Waals surface area contributed by atoms with Gasteiger partial charge in [-0.25, -0.2) is 4.68 Å². The minimum absolute atomic E-state index is 0.125. The predicted molar refractivity (Wildman–Crippen MR) is 92.6 cm³/mol. The van der Waals surface area contributed by atoms with Crippen molar-refractivity contribution in [1.29, 1.82) is 0 Å². The normalized spacial score (nSPS) is 13.4. The highest BCUT2D eigenvalue weighted by Crippen LogP contribution is 2.36. The molecule has 0 unspecified atom stereocenters. The molecule has 0 aliphatic heterocycles. The van der Waals surface area contributed by atoms with Gasteiger partial charge >= 0.3 is 0 Å². The number of hydrogen-bond acceptors (Lipinski definition) is 6. The number of nitro groups is 1. The van der Waals surface area contributed by atoms with Gasteiger partial charge in [-0.3, -0.25) is 14.9 Å². The number of aromatic nitrogens is 4. The van der Waals surface area contributed by atoms with E-state index in [2.05, 4.69) is 20.8 Å². The molecule has 1 N–H and O–H groups in total. The van der Waals surface area contributed by atoms with E-state index < -0.39 is 10.8 Å². The topological polar surface area (TPSA) is 116 Å². The molecule has 3 aromatic rings. The summed E-state index contributed by atoms with van der Waals surface area (Å²) in [6, 6.07) is 13.1. The van der Waals surface area contributed by atoms with Gasteiger partial charge in [0, 0.05) is 28.9 Å².